The van der Waals surface area contributed by atoms with Crippen molar-refractivity contribution in [2.45, 2.75) is 212 Å². The number of nitrogens with zero attached hydrogens (tertiary/aromatic N) is 6. The van der Waals surface area contributed by atoms with Gasteiger partial charge in [-0.25, -0.2) is 42.5 Å². The number of aromatic nitrogens is 3. The van der Waals surface area contributed by atoms with Crippen LogP contribution in [0.25, 0.3) is 0 Å². The molecule has 0 aromatic carbocycles. The first-order chi connectivity index (χ1) is 29.9. The van der Waals surface area contributed by atoms with Crippen molar-refractivity contribution in [2.75, 3.05) is 0 Å². The van der Waals surface area contributed by atoms with Gasteiger partial charge in [0.1, 0.15) is 0 Å². The first-order valence-electron chi connectivity index (χ1n) is 23.3. The van der Waals surface area contributed by atoms with E-state index < -0.39 is 51.6 Å². The van der Waals surface area contributed by atoms with Gasteiger partial charge in [0.15, 0.2) is 0 Å². The van der Waals surface area contributed by atoms with Crippen molar-refractivity contribution in [3.05, 3.63) is 31.5 Å². The van der Waals surface area contributed by atoms with Crippen molar-refractivity contribution in [3.8, 4) is 0 Å². The van der Waals surface area contributed by atoms with Crippen LogP contribution in [0.5, 0.6) is 0 Å². The maximum absolute atomic E-state index is 15.0. The molecule has 3 aliphatic carbocycles. The molecule has 18 nitrogen and oxygen atoms in total. The molecule has 6 unspecified atom stereocenters. The number of hydrogen-bond donors (Lipinski definition) is 3. The fraction of sp³-hybridized carbons (Fsp3) is 0.809. The summed E-state index contributed by atoms with van der Waals surface area (Å²) in [5.41, 5.74) is -3.17. The zero-order valence-electron chi connectivity index (χ0n) is 42.0. The van der Waals surface area contributed by atoms with Gasteiger partial charge in [-0.3, -0.25) is 14.5 Å². The second-order valence-electron chi connectivity index (χ2n) is 23.3. The monoisotopic (exact) mass is 914 g/mol. The van der Waals surface area contributed by atoms with Crippen LogP contribution in [-0.2, 0) is 34.1 Å². The van der Waals surface area contributed by atoms with E-state index in [1.54, 1.807) is 27.7 Å². The molecule has 3 N–H and O–H groups in total. The van der Waals surface area contributed by atoms with Gasteiger partial charge in [-0.2, -0.15) is 0 Å². The molecule has 3 fully saturated rings. The number of carbonyl (C=O) groups is 3. The normalized spacial score (nSPS) is 28.6. The number of carbonyl (C=O) groups excluding carboxylic acids is 3. The van der Waals surface area contributed by atoms with E-state index in [4.69, 9.17) is 14.5 Å². The summed E-state index contributed by atoms with van der Waals surface area (Å²) in [6.45, 7) is 29.4. The van der Waals surface area contributed by atoms with Gasteiger partial charge in [0.2, 0.25) is 0 Å². The van der Waals surface area contributed by atoms with E-state index in [9.17, 15) is 28.8 Å². The molecule has 18 heteroatoms. The second-order valence-corrected chi connectivity index (χ2v) is 23.3. The van der Waals surface area contributed by atoms with Crippen LogP contribution in [0.4, 0.5) is 14.4 Å². The van der Waals surface area contributed by atoms with E-state index in [2.05, 4.69) is 73.0 Å². The van der Waals surface area contributed by atoms with Crippen LogP contribution in [0.2, 0.25) is 0 Å². The molecule has 3 amide bonds. The molecule has 3 aliphatic rings. The summed E-state index contributed by atoms with van der Waals surface area (Å²) in [5.74, 6) is 0. The highest BCUT2D eigenvalue weighted by atomic mass is 16.7. The van der Waals surface area contributed by atoms with E-state index in [-0.39, 0.29) is 54.0 Å². The van der Waals surface area contributed by atoms with Crippen molar-refractivity contribution in [3.63, 3.8) is 0 Å². The first-order valence-corrected chi connectivity index (χ1v) is 23.3. The van der Waals surface area contributed by atoms with Crippen molar-refractivity contribution in [2.24, 2.45) is 48.0 Å². The lowest BCUT2D eigenvalue weighted by atomic mass is 9.62. The van der Waals surface area contributed by atoms with Crippen molar-refractivity contribution >= 4 is 35.4 Å². The fourth-order valence-corrected chi connectivity index (χ4v) is 11.9. The highest BCUT2D eigenvalue weighted by Crippen LogP contribution is 2.49. The predicted octanol–water partition coefficient (Wildman–Crippen LogP) is 8.07. The standard InChI is InChI=1S/C47H79N9O9/c1-16-31(5)52-64-37(58)49-34-19-43(9,10)25-46(14,22-34)28-55-39(60)54(27-45(13)21-33(18-42(7,8)24-45)48-36(57)63-51-30(3)4)40(61)56(41(55)62)29-47(15)23-35(20-44(11,12)26-47)50-38(59)65-53-32(6)17-2/h33-35H,16-29H2,1-15H3,(H,48,57)(H,49,58)(H,50,59)/b52-31+,53-32+. The largest absolute Gasteiger partial charge is 0.433 e. The summed E-state index contributed by atoms with van der Waals surface area (Å²) < 4.78 is 3.63. The van der Waals surface area contributed by atoms with Gasteiger partial charge in [0.25, 0.3) is 0 Å². The molecule has 6 atom stereocenters. The second kappa shape index (κ2) is 20.4. The summed E-state index contributed by atoms with van der Waals surface area (Å²) in [7, 11) is 0. The van der Waals surface area contributed by atoms with Crippen LogP contribution in [0.3, 0.4) is 0 Å². The van der Waals surface area contributed by atoms with E-state index >= 15 is 0 Å². The van der Waals surface area contributed by atoms with Gasteiger partial charge in [0.05, 0.1) is 17.1 Å². The SMILES string of the molecule is CC/C(C)=N/OC(=O)NC1CC(C)(C)CC(C)(Cn2c(=O)n(CC3(C)CC(NC(=O)ON=C(C)C)CC(C)(C)C3)c(=O)n(CC3(C)CC(NC(=O)O/N=C(\C)CC)CC(C)(C)C3)c2=O)C1. The molecule has 1 aromatic heterocycles. The van der Waals surface area contributed by atoms with Gasteiger partial charge in [-0.05, 0) is 131 Å². The summed E-state index contributed by atoms with van der Waals surface area (Å²) >= 11 is 0. The average molecular weight is 914 g/mol. The third kappa shape index (κ3) is 15.1. The van der Waals surface area contributed by atoms with Crippen LogP contribution < -0.4 is 33.0 Å². The van der Waals surface area contributed by atoms with E-state index in [1.165, 1.54) is 13.7 Å². The zero-order valence-corrected chi connectivity index (χ0v) is 42.0. The van der Waals surface area contributed by atoms with Crippen LogP contribution in [0.15, 0.2) is 29.9 Å². The lowest BCUT2D eigenvalue weighted by Gasteiger charge is -2.47. The smallest absolute Gasteiger partial charge is 0.317 e. The Labute approximate surface area is 384 Å². The van der Waals surface area contributed by atoms with E-state index in [0.29, 0.717) is 87.8 Å². The van der Waals surface area contributed by atoms with Crippen molar-refractivity contribution in [1.29, 1.82) is 0 Å². The van der Waals surface area contributed by atoms with Gasteiger partial charge in [-0.15, -0.1) is 0 Å². The Bertz CT molecular complexity index is 2090. The Kier molecular flexibility index (Phi) is 16.6. The van der Waals surface area contributed by atoms with Gasteiger partial charge >= 0.3 is 35.3 Å². The molecule has 0 spiro atoms. The quantitative estimate of drug-likeness (QED) is 0.0932. The number of rotatable bonds is 14. The summed E-state index contributed by atoms with van der Waals surface area (Å²) in [4.78, 5) is 98.9. The summed E-state index contributed by atoms with van der Waals surface area (Å²) in [6.07, 6.45) is 4.28. The number of amides is 3. The fourth-order valence-electron chi connectivity index (χ4n) is 11.9. The number of hydrogen-bond acceptors (Lipinski definition) is 12. The zero-order chi connectivity index (χ0) is 48.9. The Morgan fingerprint density at radius 2 is 0.754 bits per heavy atom. The summed E-state index contributed by atoms with van der Waals surface area (Å²) in [6, 6.07) is -1.04. The highest BCUT2D eigenvalue weighted by Gasteiger charge is 2.47. The molecular weight excluding hydrogens is 835 g/mol. The molecule has 3 saturated carbocycles. The minimum Gasteiger partial charge on any atom is -0.317 e. The molecular formula is C47H79N9O9. The average Bonchev–Trinajstić information content (AvgIpc) is 3.14. The van der Waals surface area contributed by atoms with Crippen LogP contribution in [0.1, 0.15) is 174 Å². The minimum absolute atomic E-state index is 0.0137. The maximum atomic E-state index is 15.0. The maximum Gasteiger partial charge on any atom is 0.433 e. The summed E-state index contributed by atoms with van der Waals surface area (Å²) in [5, 5.41) is 20.5. The molecule has 1 heterocycles. The van der Waals surface area contributed by atoms with E-state index in [0.717, 1.165) is 0 Å². The Morgan fingerprint density at radius 1 is 0.492 bits per heavy atom. The lowest BCUT2D eigenvalue weighted by molar-refractivity contribution is 0.0399. The van der Waals surface area contributed by atoms with Gasteiger partial charge in [-0.1, -0.05) is 91.6 Å². The lowest BCUT2D eigenvalue weighted by Crippen LogP contribution is -2.60. The first kappa shape index (κ1) is 52.9. The van der Waals surface area contributed by atoms with Crippen molar-refractivity contribution < 1.29 is 28.9 Å². The molecule has 65 heavy (non-hydrogen) atoms. The molecule has 0 aliphatic heterocycles. The van der Waals surface area contributed by atoms with E-state index in [1.807, 2.05) is 34.6 Å². The number of nitrogens with one attached hydrogen (secondary N) is 3. The predicted molar refractivity (Wildman–Crippen MR) is 252 cm³/mol. The van der Waals surface area contributed by atoms with Gasteiger partial charge in [0, 0.05) is 37.8 Å². The van der Waals surface area contributed by atoms with Crippen LogP contribution in [-0.4, -0.2) is 67.2 Å². The molecule has 366 valence electrons. The topological polar surface area (TPSA) is 218 Å². The Hall–Kier alpha value is -4.77. The molecule has 4 rings (SSSR count). The molecule has 1 aromatic rings. The highest BCUT2D eigenvalue weighted by molar-refractivity contribution is 5.82. The van der Waals surface area contributed by atoms with Crippen LogP contribution in [0, 0.1) is 32.5 Å². The molecule has 0 saturated heterocycles. The van der Waals surface area contributed by atoms with Crippen LogP contribution >= 0.6 is 0 Å². The third-order valence-corrected chi connectivity index (χ3v) is 13.2. The third-order valence-electron chi connectivity index (χ3n) is 13.2. The Balaban J connectivity index is 1.81. The van der Waals surface area contributed by atoms with Crippen molar-refractivity contribution in [1.82, 2.24) is 29.7 Å². The Morgan fingerprint density at radius 3 is 1.00 bits per heavy atom. The molecule has 0 bridgehead atoms. The molecule has 0 radical (unpaired) electrons. The van der Waals surface area contributed by atoms with Gasteiger partial charge < -0.3 is 16.0 Å². The minimum atomic E-state index is -0.713. The number of oxime groups is 3.